The highest BCUT2D eigenvalue weighted by molar-refractivity contribution is 7.91. The lowest BCUT2D eigenvalue weighted by molar-refractivity contribution is -0.140. The molecular formula is C8H9ClN2O5S2. The summed E-state index contributed by atoms with van der Waals surface area (Å²) in [5.74, 6) is -2.41. The molecule has 1 heterocycles. The molecular weight excluding hydrogens is 304 g/mol. The van der Waals surface area contributed by atoms with E-state index in [-0.39, 0.29) is 8.55 Å². The first-order valence-electron chi connectivity index (χ1n) is 4.51. The van der Waals surface area contributed by atoms with Gasteiger partial charge in [-0.25, -0.2) is 8.42 Å². The number of nitrogens with two attached hydrogens (primary N) is 1. The molecule has 100 valence electrons. The van der Waals surface area contributed by atoms with Gasteiger partial charge in [0.1, 0.15) is 10.3 Å². The van der Waals surface area contributed by atoms with Crippen molar-refractivity contribution in [1.29, 1.82) is 0 Å². The minimum Gasteiger partial charge on any atom is -0.480 e. The van der Waals surface area contributed by atoms with Crippen LogP contribution in [0.5, 0.6) is 0 Å². The maximum atomic E-state index is 11.8. The zero-order valence-corrected chi connectivity index (χ0v) is 11.2. The fraction of sp³-hybridized carbons (Fsp3) is 0.250. The van der Waals surface area contributed by atoms with Crippen molar-refractivity contribution in [2.45, 2.75) is 16.7 Å². The predicted octanol–water partition coefficient (Wildman–Crippen LogP) is 0.00840. The summed E-state index contributed by atoms with van der Waals surface area (Å²) in [7, 11) is -4.03. The van der Waals surface area contributed by atoms with Gasteiger partial charge in [0.25, 0.3) is 10.0 Å². The number of carbonyl (C=O) groups is 2. The summed E-state index contributed by atoms with van der Waals surface area (Å²) < 4.78 is 25.5. The van der Waals surface area contributed by atoms with Gasteiger partial charge in [-0.1, -0.05) is 11.6 Å². The van der Waals surface area contributed by atoms with Crippen LogP contribution in [0.4, 0.5) is 0 Å². The van der Waals surface area contributed by atoms with Gasteiger partial charge in [-0.3, -0.25) is 9.59 Å². The molecule has 7 nitrogen and oxygen atoms in total. The third-order valence-electron chi connectivity index (χ3n) is 1.81. The zero-order chi connectivity index (χ0) is 13.9. The molecule has 0 radical (unpaired) electrons. The number of hydrogen-bond acceptors (Lipinski definition) is 5. The van der Waals surface area contributed by atoms with E-state index in [9.17, 15) is 18.0 Å². The van der Waals surface area contributed by atoms with Crippen molar-refractivity contribution < 1.29 is 23.1 Å². The smallest absolute Gasteiger partial charge is 0.322 e. The number of hydrogen-bond donors (Lipinski definition) is 3. The third-order valence-corrected chi connectivity index (χ3v) is 5.01. The fourth-order valence-corrected chi connectivity index (χ4v) is 3.76. The Kier molecular flexibility index (Phi) is 4.68. The average molecular weight is 313 g/mol. The second-order valence-corrected chi connectivity index (χ2v) is 6.90. The van der Waals surface area contributed by atoms with E-state index in [2.05, 4.69) is 0 Å². The minimum absolute atomic E-state index is 0.136. The Morgan fingerprint density at radius 2 is 2.11 bits per heavy atom. The van der Waals surface area contributed by atoms with Gasteiger partial charge >= 0.3 is 5.97 Å². The summed E-state index contributed by atoms with van der Waals surface area (Å²) in [6.07, 6.45) is -0.631. The summed E-state index contributed by atoms with van der Waals surface area (Å²) in [5, 5.41) is 8.78. The second kappa shape index (κ2) is 5.65. The molecule has 1 aromatic heterocycles. The number of halogens is 1. The average Bonchev–Trinajstić information content (AvgIpc) is 2.63. The number of carboxylic acid groups (broad SMARTS) is 1. The SMILES string of the molecule is NC(=O)C[C@@H](NS(=O)(=O)c1ccc(Cl)s1)C(=O)O. The third kappa shape index (κ3) is 3.95. The van der Waals surface area contributed by atoms with Gasteiger partial charge < -0.3 is 10.8 Å². The Bertz CT molecular complexity index is 568. The zero-order valence-electron chi connectivity index (χ0n) is 8.79. The van der Waals surface area contributed by atoms with Gasteiger partial charge in [-0.2, -0.15) is 4.72 Å². The molecule has 0 saturated heterocycles. The van der Waals surface area contributed by atoms with Gasteiger partial charge in [-0.15, -0.1) is 11.3 Å². The van der Waals surface area contributed by atoms with E-state index in [1.807, 2.05) is 4.72 Å². The molecule has 0 saturated carbocycles. The van der Waals surface area contributed by atoms with Crippen LogP contribution >= 0.6 is 22.9 Å². The summed E-state index contributed by atoms with van der Waals surface area (Å²) in [6.45, 7) is 0. The van der Waals surface area contributed by atoms with E-state index >= 15 is 0 Å². The van der Waals surface area contributed by atoms with E-state index in [4.69, 9.17) is 22.4 Å². The number of sulfonamides is 1. The molecule has 1 amide bonds. The molecule has 0 aliphatic carbocycles. The monoisotopic (exact) mass is 312 g/mol. The lowest BCUT2D eigenvalue weighted by atomic mass is 10.2. The topological polar surface area (TPSA) is 127 Å². The molecule has 0 bridgehead atoms. The normalized spacial score (nSPS) is 13.2. The molecule has 0 fully saturated rings. The Morgan fingerprint density at radius 1 is 1.50 bits per heavy atom. The maximum absolute atomic E-state index is 11.8. The van der Waals surface area contributed by atoms with Crippen molar-refractivity contribution in [1.82, 2.24) is 4.72 Å². The highest BCUT2D eigenvalue weighted by Crippen LogP contribution is 2.25. The Balaban J connectivity index is 2.93. The van der Waals surface area contributed by atoms with Gasteiger partial charge in [0.05, 0.1) is 10.8 Å². The molecule has 0 aromatic carbocycles. The second-order valence-electron chi connectivity index (χ2n) is 3.24. The predicted molar refractivity (Wildman–Crippen MR) is 64.9 cm³/mol. The Labute approximate surface area is 112 Å². The Morgan fingerprint density at radius 3 is 2.50 bits per heavy atom. The standard InChI is InChI=1S/C8H9ClN2O5S2/c9-5-1-2-7(17-5)18(15,16)11-4(8(13)14)3-6(10)12/h1-2,4,11H,3H2,(H2,10,12)(H,13,14)/t4-/m1/s1. The number of thiophene rings is 1. The van der Waals surface area contributed by atoms with Crippen LogP contribution in [0.15, 0.2) is 16.3 Å². The Hall–Kier alpha value is -1.16. The summed E-state index contributed by atoms with van der Waals surface area (Å²) in [5.41, 5.74) is 4.84. The van der Waals surface area contributed by atoms with E-state index in [0.29, 0.717) is 0 Å². The van der Waals surface area contributed by atoms with Crippen molar-refractivity contribution in [2.75, 3.05) is 0 Å². The first kappa shape index (κ1) is 14.9. The van der Waals surface area contributed by atoms with E-state index in [1.165, 1.54) is 12.1 Å². The molecule has 0 spiro atoms. The van der Waals surface area contributed by atoms with E-state index < -0.39 is 34.4 Å². The lowest BCUT2D eigenvalue weighted by Gasteiger charge is -2.11. The van der Waals surface area contributed by atoms with Crippen LogP contribution < -0.4 is 10.5 Å². The molecule has 1 rings (SSSR count). The number of aliphatic carboxylic acids is 1. The van der Waals surface area contributed by atoms with Crippen molar-refractivity contribution in [3.63, 3.8) is 0 Å². The van der Waals surface area contributed by atoms with Gasteiger partial charge in [-0.05, 0) is 12.1 Å². The van der Waals surface area contributed by atoms with Crippen LogP contribution in [0.2, 0.25) is 4.34 Å². The minimum atomic E-state index is -4.03. The van der Waals surface area contributed by atoms with Crippen LogP contribution in [0.25, 0.3) is 0 Å². The molecule has 1 atom stereocenters. The van der Waals surface area contributed by atoms with Gasteiger partial charge in [0, 0.05) is 0 Å². The largest absolute Gasteiger partial charge is 0.480 e. The molecule has 0 aliphatic rings. The molecule has 0 aliphatic heterocycles. The summed E-state index contributed by atoms with van der Waals surface area (Å²) in [4.78, 5) is 21.4. The van der Waals surface area contributed by atoms with Crippen molar-refractivity contribution >= 4 is 44.8 Å². The van der Waals surface area contributed by atoms with Crippen molar-refractivity contribution in [3.05, 3.63) is 16.5 Å². The first-order valence-corrected chi connectivity index (χ1v) is 7.19. The van der Waals surface area contributed by atoms with Crippen LogP contribution in [-0.4, -0.2) is 31.4 Å². The number of primary amides is 1. The molecule has 4 N–H and O–H groups in total. The number of rotatable bonds is 6. The van der Waals surface area contributed by atoms with Crippen molar-refractivity contribution in [2.24, 2.45) is 5.73 Å². The number of carbonyl (C=O) groups excluding carboxylic acids is 1. The summed E-state index contributed by atoms with van der Waals surface area (Å²) in [6, 6.07) is 0.997. The highest BCUT2D eigenvalue weighted by atomic mass is 35.5. The quantitative estimate of drug-likeness (QED) is 0.682. The molecule has 1 aromatic rings. The first-order chi connectivity index (χ1) is 8.22. The van der Waals surface area contributed by atoms with Crippen LogP contribution in [0.1, 0.15) is 6.42 Å². The lowest BCUT2D eigenvalue weighted by Crippen LogP contribution is -2.43. The summed E-state index contributed by atoms with van der Waals surface area (Å²) >= 11 is 6.36. The fourth-order valence-electron chi connectivity index (χ4n) is 1.07. The molecule has 18 heavy (non-hydrogen) atoms. The van der Waals surface area contributed by atoms with Crippen molar-refractivity contribution in [3.8, 4) is 0 Å². The number of carboxylic acids is 1. The van der Waals surface area contributed by atoms with Crippen LogP contribution in [0, 0.1) is 0 Å². The van der Waals surface area contributed by atoms with Crippen LogP contribution in [-0.2, 0) is 19.6 Å². The maximum Gasteiger partial charge on any atom is 0.322 e. The molecule has 10 heteroatoms. The van der Waals surface area contributed by atoms with Gasteiger partial charge in [0.15, 0.2) is 0 Å². The molecule has 0 unspecified atom stereocenters. The van der Waals surface area contributed by atoms with E-state index in [0.717, 1.165) is 11.3 Å². The number of nitrogens with one attached hydrogen (secondary N) is 1. The number of amides is 1. The highest BCUT2D eigenvalue weighted by Gasteiger charge is 2.27. The van der Waals surface area contributed by atoms with Gasteiger partial charge in [0.2, 0.25) is 5.91 Å². The van der Waals surface area contributed by atoms with Crippen LogP contribution in [0.3, 0.4) is 0 Å². The van der Waals surface area contributed by atoms with E-state index in [1.54, 1.807) is 0 Å².